The summed E-state index contributed by atoms with van der Waals surface area (Å²) in [5.41, 5.74) is 7.13. The van der Waals surface area contributed by atoms with Gasteiger partial charge in [0, 0.05) is 5.57 Å². The van der Waals surface area contributed by atoms with Gasteiger partial charge in [-0.05, 0) is 26.7 Å². The minimum atomic E-state index is -0.253. The first-order valence-corrected chi connectivity index (χ1v) is 5.05. The monoisotopic (exact) mass is 183 g/mol. The van der Waals surface area contributed by atoms with Crippen molar-refractivity contribution in [1.29, 1.82) is 0 Å². The van der Waals surface area contributed by atoms with Gasteiger partial charge in [-0.2, -0.15) is 0 Å². The highest BCUT2D eigenvalue weighted by Crippen LogP contribution is 2.13. The highest BCUT2D eigenvalue weighted by Gasteiger charge is 2.05. The summed E-state index contributed by atoms with van der Waals surface area (Å²) in [6.45, 7) is 6.07. The molecule has 0 saturated heterocycles. The Hall–Kier alpha value is -0.790. The summed E-state index contributed by atoms with van der Waals surface area (Å²) in [5, 5.41) is 0. The van der Waals surface area contributed by atoms with Crippen molar-refractivity contribution in [3.05, 3.63) is 11.1 Å². The van der Waals surface area contributed by atoms with Crippen LogP contribution in [0.15, 0.2) is 11.1 Å². The number of rotatable bonds is 6. The van der Waals surface area contributed by atoms with Crippen LogP contribution < -0.4 is 5.73 Å². The molecule has 0 aliphatic rings. The average Bonchev–Trinajstić information content (AvgIpc) is 2.02. The van der Waals surface area contributed by atoms with Crippen LogP contribution in [0, 0.1) is 0 Å². The lowest BCUT2D eigenvalue weighted by molar-refractivity contribution is -0.114. The first-order valence-electron chi connectivity index (χ1n) is 5.05. The number of allylic oxidation sites excluding steroid dienone is 1. The maximum Gasteiger partial charge on any atom is 0.244 e. The number of hydrogen-bond donors (Lipinski definition) is 1. The zero-order valence-electron chi connectivity index (χ0n) is 9.02. The minimum absolute atomic E-state index is 0.253. The van der Waals surface area contributed by atoms with Crippen LogP contribution in [0.4, 0.5) is 0 Å². The fourth-order valence-electron chi connectivity index (χ4n) is 1.35. The van der Waals surface area contributed by atoms with Crippen molar-refractivity contribution in [2.24, 2.45) is 5.73 Å². The molecule has 0 bridgehead atoms. The quantitative estimate of drug-likeness (QED) is 0.499. The Morgan fingerprint density at radius 1 is 1.15 bits per heavy atom. The number of carbonyl (C=O) groups is 1. The second kappa shape index (κ2) is 6.70. The summed E-state index contributed by atoms with van der Waals surface area (Å²) in [6, 6.07) is 0. The van der Waals surface area contributed by atoms with Gasteiger partial charge in [0.1, 0.15) is 0 Å². The van der Waals surface area contributed by atoms with E-state index in [1.165, 1.54) is 19.3 Å². The molecule has 0 aliphatic carbocycles. The van der Waals surface area contributed by atoms with E-state index in [1.54, 1.807) is 0 Å². The molecular formula is C11H21NO. The molecule has 0 spiro atoms. The smallest absolute Gasteiger partial charge is 0.244 e. The topological polar surface area (TPSA) is 43.1 Å². The number of unbranched alkanes of at least 4 members (excludes halogenated alkanes) is 3. The lowest BCUT2D eigenvalue weighted by atomic mass is 10.0. The van der Waals surface area contributed by atoms with Crippen molar-refractivity contribution < 1.29 is 4.79 Å². The largest absolute Gasteiger partial charge is 0.366 e. The van der Waals surface area contributed by atoms with Crippen LogP contribution in [-0.2, 0) is 4.79 Å². The van der Waals surface area contributed by atoms with Gasteiger partial charge in [-0.25, -0.2) is 0 Å². The van der Waals surface area contributed by atoms with Crippen LogP contribution in [0.5, 0.6) is 0 Å². The summed E-state index contributed by atoms with van der Waals surface area (Å²) in [4.78, 5) is 11.0. The molecule has 0 aromatic rings. The van der Waals surface area contributed by atoms with E-state index in [2.05, 4.69) is 6.92 Å². The van der Waals surface area contributed by atoms with E-state index in [0.717, 1.165) is 24.0 Å². The van der Waals surface area contributed by atoms with Gasteiger partial charge in [0.2, 0.25) is 5.91 Å². The molecule has 0 aromatic heterocycles. The normalized spacial score (nSPS) is 9.77. The number of amides is 1. The van der Waals surface area contributed by atoms with Crippen molar-refractivity contribution in [2.75, 3.05) is 0 Å². The van der Waals surface area contributed by atoms with Crippen molar-refractivity contribution in [3.63, 3.8) is 0 Å². The van der Waals surface area contributed by atoms with Gasteiger partial charge in [-0.1, -0.05) is 31.8 Å². The molecule has 13 heavy (non-hydrogen) atoms. The molecule has 76 valence electrons. The van der Waals surface area contributed by atoms with Crippen LogP contribution in [0.2, 0.25) is 0 Å². The average molecular weight is 183 g/mol. The van der Waals surface area contributed by atoms with Crippen LogP contribution >= 0.6 is 0 Å². The van der Waals surface area contributed by atoms with Gasteiger partial charge < -0.3 is 5.73 Å². The lowest BCUT2D eigenvalue weighted by Gasteiger charge is -2.05. The molecule has 0 heterocycles. The predicted molar refractivity (Wildman–Crippen MR) is 56.3 cm³/mol. The lowest BCUT2D eigenvalue weighted by Crippen LogP contribution is -2.15. The SMILES string of the molecule is CCCCCCC(C(N)=O)=C(C)C. The van der Waals surface area contributed by atoms with E-state index in [0.29, 0.717) is 0 Å². The maximum atomic E-state index is 11.0. The van der Waals surface area contributed by atoms with Gasteiger partial charge >= 0.3 is 0 Å². The third kappa shape index (κ3) is 5.45. The van der Waals surface area contributed by atoms with Crippen LogP contribution in [0.25, 0.3) is 0 Å². The Kier molecular flexibility index (Phi) is 6.29. The molecular weight excluding hydrogens is 162 g/mol. The van der Waals surface area contributed by atoms with E-state index < -0.39 is 0 Å². The number of hydrogen-bond acceptors (Lipinski definition) is 1. The Morgan fingerprint density at radius 2 is 1.77 bits per heavy atom. The molecule has 2 N–H and O–H groups in total. The number of carbonyl (C=O) groups excluding carboxylic acids is 1. The van der Waals surface area contributed by atoms with Gasteiger partial charge in [0.05, 0.1) is 0 Å². The number of nitrogens with two attached hydrogens (primary N) is 1. The molecule has 0 radical (unpaired) electrons. The fourth-order valence-corrected chi connectivity index (χ4v) is 1.35. The van der Waals surface area contributed by atoms with Crippen molar-refractivity contribution >= 4 is 5.91 Å². The Balaban J connectivity index is 3.87. The van der Waals surface area contributed by atoms with Crippen molar-refractivity contribution in [3.8, 4) is 0 Å². The summed E-state index contributed by atoms with van der Waals surface area (Å²) in [6.07, 6.45) is 5.59. The molecule has 0 aliphatic heterocycles. The summed E-state index contributed by atoms with van der Waals surface area (Å²) in [5.74, 6) is -0.253. The highest BCUT2D eigenvalue weighted by atomic mass is 16.1. The van der Waals surface area contributed by atoms with E-state index in [1.807, 2.05) is 13.8 Å². The van der Waals surface area contributed by atoms with Crippen molar-refractivity contribution in [2.45, 2.75) is 52.9 Å². The molecule has 0 saturated carbocycles. The van der Waals surface area contributed by atoms with Gasteiger partial charge in [-0.15, -0.1) is 0 Å². The van der Waals surface area contributed by atoms with Crippen LogP contribution in [0.1, 0.15) is 52.9 Å². The Morgan fingerprint density at radius 3 is 2.15 bits per heavy atom. The Bertz CT molecular complexity index is 190. The predicted octanol–water partition coefficient (Wildman–Crippen LogP) is 2.78. The van der Waals surface area contributed by atoms with Gasteiger partial charge in [0.15, 0.2) is 0 Å². The third-order valence-corrected chi connectivity index (χ3v) is 2.18. The third-order valence-electron chi connectivity index (χ3n) is 2.18. The molecule has 2 nitrogen and oxygen atoms in total. The zero-order chi connectivity index (χ0) is 10.3. The molecule has 0 fully saturated rings. The molecule has 0 rings (SSSR count). The second-order valence-electron chi connectivity index (χ2n) is 3.65. The molecule has 0 unspecified atom stereocenters. The minimum Gasteiger partial charge on any atom is -0.366 e. The number of primary amides is 1. The van der Waals surface area contributed by atoms with Crippen LogP contribution in [0.3, 0.4) is 0 Å². The van der Waals surface area contributed by atoms with Gasteiger partial charge in [-0.3, -0.25) is 4.79 Å². The maximum absolute atomic E-state index is 11.0. The van der Waals surface area contributed by atoms with E-state index >= 15 is 0 Å². The summed E-state index contributed by atoms with van der Waals surface area (Å²) in [7, 11) is 0. The molecule has 0 aromatic carbocycles. The first kappa shape index (κ1) is 12.2. The first-order chi connectivity index (χ1) is 6.09. The second-order valence-corrected chi connectivity index (χ2v) is 3.65. The van der Waals surface area contributed by atoms with E-state index in [-0.39, 0.29) is 5.91 Å². The Labute approximate surface area is 81.2 Å². The molecule has 1 amide bonds. The summed E-state index contributed by atoms with van der Waals surface area (Å²) >= 11 is 0. The summed E-state index contributed by atoms with van der Waals surface area (Å²) < 4.78 is 0. The fraction of sp³-hybridized carbons (Fsp3) is 0.727. The van der Waals surface area contributed by atoms with Crippen molar-refractivity contribution in [1.82, 2.24) is 0 Å². The molecule has 2 heteroatoms. The van der Waals surface area contributed by atoms with E-state index in [9.17, 15) is 4.79 Å². The highest BCUT2D eigenvalue weighted by molar-refractivity contribution is 5.92. The molecule has 0 atom stereocenters. The zero-order valence-corrected chi connectivity index (χ0v) is 9.02. The van der Waals surface area contributed by atoms with E-state index in [4.69, 9.17) is 5.73 Å². The van der Waals surface area contributed by atoms with Gasteiger partial charge in [0.25, 0.3) is 0 Å². The van der Waals surface area contributed by atoms with Crippen LogP contribution in [-0.4, -0.2) is 5.91 Å². The standard InChI is InChI=1S/C11H21NO/c1-4-5-6-7-8-10(9(2)3)11(12)13/h4-8H2,1-3H3,(H2,12,13).